The Morgan fingerprint density at radius 3 is 2.90 bits per heavy atom. The van der Waals surface area contributed by atoms with Gasteiger partial charge in [-0.3, -0.25) is 0 Å². The molecule has 0 aromatic heterocycles. The van der Waals surface area contributed by atoms with Crippen LogP contribution >= 0.6 is 0 Å². The lowest BCUT2D eigenvalue weighted by Gasteiger charge is -2.19. The molecule has 20 heavy (non-hydrogen) atoms. The van der Waals surface area contributed by atoms with Gasteiger partial charge in [-0.25, -0.2) is 0 Å². The van der Waals surface area contributed by atoms with Crippen LogP contribution < -0.4 is 14.8 Å². The summed E-state index contributed by atoms with van der Waals surface area (Å²) in [7, 11) is 1.67. The van der Waals surface area contributed by atoms with Gasteiger partial charge < -0.3 is 19.5 Å². The van der Waals surface area contributed by atoms with E-state index in [4.69, 9.17) is 14.2 Å². The van der Waals surface area contributed by atoms with Gasteiger partial charge in [0.1, 0.15) is 0 Å². The molecular formula is C16H25NO3. The first-order chi connectivity index (χ1) is 9.74. The van der Waals surface area contributed by atoms with E-state index in [-0.39, 0.29) is 0 Å². The topological polar surface area (TPSA) is 39.7 Å². The van der Waals surface area contributed by atoms with Crippen molar-refractivity contribution in [3.8, 4) is 11.5 Å². The molecule has 1 aliphatic heterocycles. The average molecular weight is 279 g/mol. The highest BCUT2D eigenvalue weighted by Crippen LogP contribution is 2.28. The summed E-state index contributed by atoms with van der Waals surface area (Å²) in [6.07, 6.45) is 1.15. The number of hydrogen-bond acceptors (Lipinski definition) is 4. The molecule has 1 aromatic carbocycles. The molecule has 112 valence electrons. The fraction of sp³-hybridized carbons (Fsp3) is 0.625. The molecular weight excluding hydrogens is 254 g/mol. The van der Waals surface area contributed by atoms with Crippen molar-refractivity contribution in [2.75, 3.05) is 26.9 Å². The van der Waals surface area contributed by atoms with E-state index in [1.807, 2.05) is 19.1 Å². The second-order valence-electron chi connectivity index (χ2n) is 5.21. The van der Waals surface area contributed by atoms with Crippen LogP contribution in [0.2, 0.25) is 0 Å². The minimum atomic E-state index is 0.468. The van der Waals surface area contributed by atoms with Gasteiger partial charge in [-0.1, -0.05) is 6.07 Å². The fourth-order valence-corrected chi connectivity index (χ4v) is 2.49. The van der Waals surface area contributed by atoms with E-state index >= 15 is 0 Å². The molecule has 2 atom stereocenters. The third-order valence-corrected chi connectivity index (χ3v) is 3.83. The van der Waals surface area contributed by atoms with Gasteiger partial charge in [0.2, 0.25) is 0 Å². The molecule has 0 spiro atoms. The summed E-state index contributed by atoms with van der Waals surface area (Å²) in [5.74, 6) is 2.22. The molecule has 1 N–H and O–H groups in total. The highest BCUT2D eigenvalue weighted by atomic mass is 16.5. The van der Waals surface area contributed by atoms with Gasteiger partial charge in [0.05, 0.1) is 20.3 Å². The van der Waals surface area contributed by atoms with Gasteiger partial charge in [-0.2, -0.15) is 0 Å². The second-order valence-corrected chi connectivity index (χ2v) is 5.21. The molecule has 0 aliphatic carbocycles. The molecule has 0 bridgehead atoms. The second kappa shape index (κ2) is 7.50. The molecule has 2 unspecified atom stereocenters. The minimum absolute atomic E-state index is 0.468. The predicted octanol–water partition coefficient (Wildman–Crippen LogP) is 2.61. The standard InChI is InChI=1S/C16H25NO3/c1-4-20-15-6-5-13(9-16(15)18-3)10-17-12(2)14-7-8-19-11-14/h5-6,9,12,14,17H,4,7-8,10-11H2,1-3H3. The number of rotatable bonds is 7. The zero-order valence-electron chi connectivity index (χ0n) is 12.6. The molecule has 0 radical (unpaired) electrons. The lowest BCUT2D eigenvalue weighted by Crippen LogP contribution is -2.33. The van der Waals surface area contributed by atoms with Crippen molar-refractivity contribution in [2.45, 2.75) is 32.9 Å². The van der Waals surface area contributed by atoms with E-state index in [0.29, 0.717) is 18.6 Å². The Bertz CT molecular complexity index is 416. The molecule has 1 aliphatic rings. The molecule has 1 aromatic rings. The minimum Gasteiger partial charge on any atom is -0.493 e. The first-order valence-electron chi connectivity index (χ1n) is 7.35. The first kappa shape index (κ1) is 15.1. The zero-order valence-corrected chi connectivity index (χ0v) is 12.6. The molecule has 4 heteroatoms. The van der Waals surface area contributed by atoms with Crippen LogP contribution in [0.15, 0.2) is 18.2 Å². The van der Waals surface area contributed by atoms with Crippen molar-refractivity contribution < 1.29 is 14.2 Å². The summed E-state index contributed by atoms with van der Waals surface area (Å²) < 4.78 is 16.3. The number of hydrogen-bond donors (Lipinski definition) is 1. The lowest BCUT2D eigenvalue weighted by atomic mass is 10.0. The Hall–Kier alpha value is -1.26. The maximum Gasteiger partial charge on any atom is 0.161 e. The Morgan fingerprint density at radius 1 is 1.40 bits per heavy atom. The van der Waals surface area contributed by atoms with Crippen LogP contribution in [0.4, 0.5) is 0 Å². The van der Waals surface area contributed by atoms with Gasteiger partial charge in [-0.15, -0.1) is 0 Å². The largest absolute Gasteiger partial charge is 0.493 e. The van der Waals surface area contributed by atoms with Crippen LogP contribution in [-0.4, -0.2) is 33.0 Å². The quantitative estimate of drug-likeness (QED) is 0.833. The molecule has 1 fully saturated rings. The third-order valence-electron chi connectivity index (χ3n) is 3.83. The van der Waals surface area contributed by atoms with E-state index in [1.54, 1.807) is 7.11 Å². The smallest absolute Gasteiger partial charge is 0.161 e. The summed E-state index contributed by atoms with van der Waals surface area (Å²) in [5, 5.41) is 3.57. The van der Waals surface area contributed by atoms with E-state index < -0.39 is 0 Å². The first-order valence-corrected chi connectivity index (χ1v) is 7.35. The number of methoxy groups -OCH3 is 1. The van der Waals surface area contributed by atoms with E-state index in [2.05, 4.69) is 18.3 Å². The van der Waals surface area contributed by atoms with E-state index in [9.17, 15) is 0 Å². The number of ether oxygens (including phenoxy) is 3. The van der Waals surface area contributed by atoms with Crippen molar-refractivity contribution in [2.24, 2.45) is 5.92 Å². The van der Waals surface area contributed by atoms with Crippen molar-refractivity contribution in [1.29, 1.82) is 0 Å². The van der Waals surface area contributed by atoms with Gasteiger partial charge in [0.15, 0.2) is 11.5 Å². The molecule has 0 amide bonds. The molecule has 4 nitrogen and oxygen atoms in total. The van der Waals surface area contributed by atoms with Crippen LogP contribution in [0.1, 0.15) is 25.8 Å². The number of benzene rings is 1. The van der Waals surface area contributed by atoms with Gasteiger partial charge >= 0.3 is 0 Å². The molecule has 2 rings (SSSR count). The van der Waals surface area contributed by atoms with Gasteiger partial charge in [0.25, 0.3) is 0 Å². The zero-order chi connectivity index (χ0) is 14.4. The van der Waals surface area contributed by atoms with Crippen LogP contribution in [0, 0.1) is 5.92 Å². The Kier molecular flexibility index (Phi) is 5.68. The van der Waals surface area contributed by atoms with Crippen LogP contribution in [0.3, 0.4) is 0 Å². The molecule has 0 saturated carbocycles. The Balaban J connectivity index is 1.91. The maximum absolute atomic E-state index is 5.53. The van der Waals surface area contributed by atoms with Crippen molar-refractivity contribution in [3.63, 3.8) is 0 Å². The summed E-state index contributed by atoms with van der Waals surface area (Å²) >= 11 is 0. The molecule has 1 heterocycles. The normalized spacial score (nSPS) is 19.9. The van der Waals surface area contributed by atoms with Gasteiger partial charge in [-0.05, 0) is 43.9 Å². The maximum atomic E-state index is 5.53. The van der Waals surface area contributed by atoms with Crippen molar-refractivity contribution >= 4 is 0 Å². The summed E-state index contributed by atoms with van der Waals surface area (Å²) in [5.41, 5.74) is 1.20. The van der Waals surface area contributed by atoms with Crippen LogP contribution in [0.25, 0.3) is 0 Å². The SMILES string of the molecule is CCOc1ccc(CNC(C)C2CCOC2)cc1OC. The fourth-order valence-electron chi connectivity index (χ4n) is 2.49. The van der Waals surface area contributed by atoms with E-state index in [1.165, 1.54) is 5.56 Å². The van der Waals surface area contributed by atoms with Crippen molar-refractivity contribution in [3.05, 3.63) is 23.8 Å². The summed E-state index contributed by atoms with van der Waals surface area (Å²) in [6, 6.07) is 6.56. The highest BCUT2D eigenvalue weighted by Gasteiger charge is 2.21. The Morgan fingerprint density at radius 2 is 2.25 bits per heavy atom. The third kappa shape index (κ3) is 3.87. The predicted molar refractivity (Wildman–Crippen MR) is 79.4 cm³/mol. The van der Waals surface area contributed by atoms with Crippen LogP contribution in [-0.2, 0) is 11.3 Å². The van der Waals surface area contributed by atoms with Crippen LogP contribution in [0.5, 0.6) is 11.5 Å². The Labute approximate surface area is 121 Å². The van der Waals surface area contributed by atoms with E-state index in [0.717, 1.165) is 37.7 Å². The molecule has 1 saturated heterocycles. The summed E-state index contributed by atoms with van der Waals surface area (Å²) in [6.45, 7) is 7.45. The number of nitrogens with one attached hydrogen (secondary N) is 1. The monoisotopic (exact) mass is 279 g/mol. The van der Waals surface area contributed by atoms with Gasteiger partial charge in [0, 0.05) is 19.2 Å². The van der Waals surface area contributed by atoms with Crippen molar-refractivity contribution in [1.82, 2.24) is 5.32 Å². The average Bonchev–Trinajstić information content (AvgIpc) is 3.00. The summed E-state index contributed by atoms with van der Waals surface area (Å²) in [4.78, 5) is 0. The lowest BCUT2D eigenvalue weighted by molar-refractivity contribution is 0.178. The highest BCUT2D eigenvalue weighted by molar-refractivity contribution is 5.42.